The van der Waals surface area contributed by atoms with Gasteiger partial charge in [0.1, 0.15) is 0 Å². The second-order valence-electron chi connectivity index (χ2n) is 12.3. The van der Waals surface area contributed by atoms with E-state index in [-0.39, 0.29) is 5.41 Å². The van der Waals surface area contributed by atoms with Crippen LogP contribution in [0.25, 0.3) is 76.7 Å². The smallest absolute Gasteiger partial charge is 0.0794 e. The summed E-state index contributed by atoms with van der Waals surface area (Å²) in [5, 5.41) is 8.78. The van der Waals surface area contributed by atoms with E-state index < -0.39 is 0 Å². The predicted octanol–water partition coefficient (Wildman–Crippen LogP) is 11.3. The zero-order valence-corrected chi connectivity index (χ0v) is 24.2. The lowest BCUT2D eigenvalue weighted by molar-refractivity contribution is 0.662. The van der Waals surface area contributed by atoms with Crippen molar-refractivity contribution in [2.75, 3.05) is 0 Å². The maximum Gasteiger partial charge on any atom is 0.0794 e. The molecule has 0 fully saturated rings. The molecule has 9 rings (SSSR count). The van der Waals surface area contributed by atoms with Gasteiger partial charge in [0, 0.05) is 21.8 Å². The molecular weight excluding hydrogens is 518 g/mol. The molecule has 1 nitrogen and oxygen atoms in total. The second-order valence-corrected chi connectivity index (χ2v) is 12.3. The molecular formula is C42H29N. The first kappa shape index (κ1) is 24.3. The number of fused-ring (bicyclic) bond motifs is 9. The molecule has 0 N–H and O–H groups in total. The van der Waals surface area contributed by atoms with Crippen molar-refractivity contribution >= 4 is 43.2 Å². The van der Waals surface area contributed by atoms with Crippen molar-refractivity contribution < 1.29 is 0 Å². The molecule has 202 valence electrons. The number of nitrogens with zero attached hydrogens (tertiary/aromatic N) is 1. The van der Waals surface area contributed by atoms with Crippen LogP contribution >= 0.6 is 0 Å². The average molecular weight is 548 g/mol. The van der Waals surface area contributed by atoms with Gasteiger partial charge in [0.05, 0.1) is 11.2 Å². The molecule has 43 heavy (non-hydrogen) atoms. The van der Waals surface area contributed by atoms with Gasteiger partial charge in [-0.3, -0.25) is 0 Å². The Morgan fingerprint density at radius 1 is 0.465 bits per heavy atom. The fraction of sp³-hybridized carbons (Fsp3) is 0.0714. The molecule has 0 amide bonds. The molecule has 0 spiro atoms. The van der Waals surface area contributed by atoms with Gasteiger partial charge in [0.15, 0.2) is 0 Å². The van der Waals surface area contributed by atoms with Crippen molar-refractivity contribution in [2.24, 2.45) is 0 Å². The highest BCUT2D eigenvalue weighted by molar-refractivity contribution is 6.15. The number of benzene rings is 7. The predicted molar refractivity (Wildman–Crippen MR) is 183 cm³/mol. The first-order valence-corrected chi connectivity index (χ1v) is 15.1. The number of rotatable bonds is 2. The normalized spacial score (nSPS) is 13.5. The van der Waals surface area contributed by atoms with Gasteiger partial charge in [-0.15, -0.1) is 0 Å². The van der Waals surface area contributed by atoms with E-state index in [1.165, 1.54) is 76.6 Å². The fourth-order valence-electron chi connectivity index (χ4n) is 7.58. The van der Waals surface area contributed by atoms with Crippen molar-refractivity contribution in [3.05, 3.63) is 151 Å². The SMILES string of the molecule is CC1(C)c2ccccc2-c2nc3c(ccc4ccccc43)c(-c3ccc(-c4cc5ccccc5c5ccccc45)cc3)c21. The first-order chi connectivity index (χ1) is 21.1. The Kier molecular flexibility index (Phi) is 5.02. The van der Waals surface area contributed by atoms with E-state index in [4.69, 9.17) is 4.98 Å². The Hall–Kier alpha value is -5.27. The van der Waals surface area contributed by atoms with Crippen LogP contribution in [0.5, 0.6) is 0 Å². The largest absolute Gasteiger partial charge is 0.247 e. The standard InChI is InChI=1S/C42H29N/c1-42(2)37-18-10-9-17-34(37)41-39(42)38(35-24-23-26-11-3-6-14-31(26)40(35)43-41)28-21-19-27(20-22-28)36-25-29-12-4-5-13-30(29)32-15-7-8-16-33(32)36/h3-25H,1-2H3. The highest BCUT2D eigenvalue weighted by Crippen LogP contribution is 2.53. The highest BCUT2D eigenvalue weighted by Gasteiger charge is 2.39. The minimum absolute atomic E-state index is 0.165. The van der Waals surface area contributed by atoms with E-state index in [1.54, 1.807) is 0 Å². The van der Waals surface area contributed by atoms with E-state index in [9.17, 15) is 0 Å². The van der Waals surface area contributed by atoms with Crippen molar-refractivity contribution in [1.82, 2.24) is 4.98 Å². The van der Waals surface area contributed by atoms with E-state index in [1.807, 2.05) is 0 Å². The molecule has 0 atom stereocenters. The lowest BCUT2D eigenvalue weighted by Crippen LogP contribution is -2.16. The quantitative estimate of drug-likeness (QED) is 0.196. The molecule has 0 radical (unpaired) electrons. The van der Waals surface area contributed by atoms with E-state index in [2.05, 4.69) is 153 Å². The summed E-state index contributed by atoms with van der Waals surface area (Å²) in [6.45, 7) is 4.70. The monoisotopic (exact) mass is 547 g/mol. The van der Waals surface area contributed by atoms with Crippen LogP contribution in [-0.2, 0) is 5.41 Å². The lowest BCUT2D eigenvalue weighted by Gasteiger charge is -2.25. The Labute approximate surface area is 251 Å². The molecule has 1 heteroatoms. The summed E-state index contributed by atoms with van der Waals surface area (Å²) in [6.07, 6.45) is 0. The third-order valence-corrected chi connectivity index (χ3v) is 9.61. The molecule has 0 aliphatic heterocycles. The third-order valence-electron chi connectivity index (χ3n) is 9.61. The van der Waals surface area contributed by atoms with Crippen molar-refractivity contribution in [3.63, 3.8) is 0 Å². The molecule has 0 saturated heterocycles. The summed E-state index contributed by atoms with van der Waals surface area (Å²) in [4.78, 5) is 5.44. The van der Waals surface area contributed by atoms with Crippen LogP contribution in [0, 0.1) is 0 Å². The van der Waals surface area contributed by atoms with Crippen molar-refractivity contribution in [2.45, 2.75) is 19.3 Å². The minimum atomic E-state index is -0.165. The molecule has 1 aliphatic carbocycles. The van der Waals surface area contributed by atoms with Crippen LogP contribution in [-0.4, -0.2) is 4.98 Å². The molecule has 1 heterocycles. The number of hydrogen-bond acceptors (Lipinski definition) is 1. The van der Waals surface area contributed by atoms with Crippen LogP contribution in [0.3, 0.4) is 0 Å². The van der Waals surface area contributed by atoms with E-state index in [0.29, 0.717) is 0 Å². The molecule has 7 aromatic carbocycles. The maximum absolute atomic E-state index is 5.44. The summed E-state index contributed by atoms with van der Waals surface area (Å²) in [6, 6.07) is 51.0. The number of pyridine rings is 1. The van der Waals surface area contributed by atoms with E-state index >= 15 is 0 Å². The van der Waals surface area contributed by atoms with Crippen LogP contribution in [0.15, 0.2) is 140 Å². The molecule has 0 bridgehead atoms. The summed E-state index contributed by atoms with van der Waals surface area (Å²) in [5.41, 5.74) is 11.0. The highest BCUT2D eigenvalue weighted by atomic mass is 14.7. The summed E-state index contributed by atoms with van der Waals surface area (Å²) >= 11 is 0. The van der Waals surface area contributed by atoms with Gasteiger partial charge >= 0.3 is 0 Å². The summed E-state index contributed by atoms with van der Waals surface area (Å²) in [7, 11) is 0. The lowest BCUT2D eigenvalue weighted by atomic mass is 9.78. The average Bonchev–Trinajstić information content (AvgIpc) is 3.29. The van der Waals surface area contributed by atoms with Crippen LogP contribution < -0.4 is 0 Å². The Balaban J connectivity index is 1.32. The second kappa shape index (κ2) is 8.86. The Morgan fingerprint density at radius 2 is 1.09 bits per heavy atom. The molecule has 8 aromatic rings. The summed E-state index contributed by atoms with van der Waals surface area (Å²) in [5.74, 6) is 0. The van der Waals surface area contributed by atoms with Gasteiger partial charge in [-0.05, 0) is 66.4 Å². The topological polar surface area (TPSA) is 12.9 Å². The van der Waals surface area contributed by atoms with Gasteiger partial charge in [0.2, 0.25) is 0 Å². The van der Waals surface area contributed by atoms with E-state index in [0.717, 1.165) is 11.2 Å². The molecule has 0 saturated carbocycles. The zero-order valence-electron chi connectivity index (χ0n) is 24.2. The molecule has 0 unspecified atom stereocenters. The van der Waals surface area contributed by atoms with Gasteiger partial charge < -0.3 is 0 Å². The first-order valence-electron chi connectivity index (χ1n) is 15.1. The molecule has 1 aromatic heterocycles. The van der Waals surface area contributed by atoms with Crippen LogP contribution in [0.4, 0.5) is 0 Å². The molecule has 1 aliphatic rings. The van der Waals surface area contributed by atoms with Gasteiger partial charge in [-0.2, -0.15) is 0 Å². The van der Waals surface area contributed by atoms with Gasteiger partial charge in [-0.25, -0.2) is 4.98 Å². The third kappa shape index (κ3) is 3.43. The number of aromatic nitrogens is 1. The summed E-state index contributed by atoms with van der Waals surface area (Å²) < 4.78 is 0. The fourth-order valence-corrected chi connectivity index (χ4v) is 7.58. The van der Waals surface area contributed by atoms with Crippen LogP contribution in [0.2, 0.25) is 0 Å². The van der Waals surface area contributed by atoms with Gasteiger partial charge in [-0.1, -0.05) is 147 Å². The van der Waals surface area contributed by atoms with Gasteiger partial charge in [0.25, 0.3) is 0 Å². The minimum Gasteiger partial charge on any atom is -0.247 e. The van der Waals surface area contributed by atoms with Crippen molar-refractivity contribution in [3.8, 4) is 33.5 Å². The van der Waals surface area contributed by atoms with Crippen molar-refractivity contribution in [1.29, 1.82) is 0 Å². The zero-order chi connectivity index (χ0) is 28.7. The maximum atomic E-state index is 5.44. The van der Waals surface area contributed by atoms with Crippen LogP contribution in [0.1, 0.15) is 25.0 Å². The Morgan fingerprint density at radius 3 is 1.91 bits per heavy atom. The number of hydrogen-bond donors (Lipinski definition) is 0. The Bertz CT molecular complexity index is 2410.